The third kappa shape index (κ3) is 3.97. The third-order valence-corrected chi connectivity index (χ3v) is 3.84. The van der Waals surface area contributed by atoms with Gasteiger partial charge in [0.1, 0.15) is 5.75 Å². The number of para-hydroxylation sites is 2. The molecule has 1 aromatic carbocycles. The number of anilines is 1. The summed E-state index contributed by atoms with van der Waals surface area (Å²) in [5.74, 6) is 0.711. The molecule has 1 aromatic rings. The summed E-state index contributed by atoms with van der Waals surface area (Å²) < 4.78 is 5.71. The van der Waals surface area contributed by atoms with Gasteiger partial charge in [-0.15, -0.1) is 0 Å². The number of carbonyl (C=O) groups is 1. The van der Waals surface area contributed by atoms with Crippen LogP contribution in [0.25, 0.3) is 0 Å². The van der Waals surface area contributed by atoms with E-state index < -0.39 is 6.10 Å². The lowest BCUT2D eigenvalue weighted by Gasteiger charge is -2.34. The summed E-state index contributed by atoms with van der Waals surface area (Å²) in [7, 11) is 0. The van der Waals surface area contributed by atoms with E-state index in [9.17, 15) is 4.79 Å². The summed E-state index contributed by atoms with van der Waals surface area (Å²) >= 11 is 0. The number of aliphatic hydroxyl groups excluding tert-OH is 1. The first kappa shape index (κ1) is 15.8. The van der Waals surface area contributed by atoms with E-state index in [0.717, 1.165) is 30.8 Å². The molecule has 2 rings (SSSR count). The second-order valence-electron chi connectivity index (χ2n) is 5.49. The monoisotopic (exact) mass is 291 g/mol. The molecule has 1 aliphatic heterocycles. The minimum atomic E-state index is -0.555. The van der Waals surface area contributed by atoms with Crippen LogP contribution in [-0.2, 0) is 4.79 Å². The summed E-state index contributed by atoms with van der Waals surface area (Å²) in [4.78, 5) is 14.3. The predicted octanol–water partition coefficient (Wildman–Crippen LogP) is 3.13. The second kappa shape index (κ2) is 8.03. The molecular formula is C17H25NO3. The lowest BCUT2D eigenvalue weighted by molar-refractivity contribution is -0.127. The molecule has 0 spiro atoms. The zero-order valence-electron chi connectivity index (χ0n) is 12.8. The van der Waals surface area contributed by atoms with Gasteiger partial charge in [-0.1, -0.05) is 44.7 Å². The number of ether oxygens (including phenoxy) is 1. The van der Waals surface area contributed by atoms with Gasteiger partial charge in [0.05, 0.1) is 5.69 Å². The number of benzene rings is 1. The van der Waals surface area contributed by atoms with Crippen molar-refractivity contribution in [3.05, 3.63) is 24.3 Å². The number of amides is 1. The molecule has 4 heteroatoms. The average Bonchev–Trinajstić information content (AvgIpc) is 2.50. The largest absolute Gasteiger partial charge is 0.478 e. The smallest absolute Gasteiger partial charge is 0.268 e. The number of aliphatic hydroxyl groups is 1. The zero-order chi connectivity index (χ0) is 15.1. The number of unbranched alkanes of at least 4 members (excludes halogenated alkanes) is 4. The van der Waals surface area contributed by atoms with E-state index in [1.54, 1.807) is 0 Å². The molecule has 1 aliphatic rings. The SMILES string of the molecule is CCCCCCCN1C(=O)C(CCO)Oc2ccccc21. The van der Waals surface area contributed by atoms with Crippen LogP contribution in [0.4, 0.5) is 5.69 Å². The molecule has 0 radical (unpaired) electrons. The van der Waals surface area contributed by atoms with Crippen LogP contribution < -0.4 is 9.64 Å². The highest BCUT2D eigenvalue weighted by Crippen LogP contribution is 2.34. The second-order valence-corrected chi connectivity index (χ2v) is 5.49. The van der Waals surface area contributed by atoms with Crippen molar-refractivity contribution in [1.82, 2.24) is 0 Å². The van der Waals surface area contributed by atoms with Gasteiger partial charge in [-0.2, -0.15) is 0 Å². The lowest BCUT2D eigenvalue weighted by Crippen LogP contribution is -2.46. The number of hydrogen-bond acceptors (Lipinski definition) is 3. The van der Waals surface area contributed by atoms with Crippen molar-refractivity contribution in [2.75, 3.05) is 18.1 Å². The molecule has 116 valence electrons. The molecule has 21 heavy (non-hydrogen) atoms. The van der Waals surface area contributed by atoms with Gasteiger partial charge in [-0.25, -0.2) is 0 Å². The highest BCUT2D eigenvalue weighted by atomic mass is 16.5. The molecule has 0 saturated carbocycles. The normalized spacial score (nSPS) is 17.5. The van der Waals surface area contributed by atoms with Crippen LogP contribution in [0.5, 0.6) is 5.75 Å². The van der Waals surface area contributed by atoms with E-state index in [4.69, 9.17) is 9.84 Å². The van der Waals surface area contributed by atoms with E-state index in [0.29, 0.717) is 6.42 Å². The number of carbonyl (C=O) groups excluding carboxylic acids is 1. The summed E-state index contributed by atoms with van der Waals surface area (Å²) in [5.41, 5.74) is 0.854. The fourth-order valence-electron chi connectivity index (χ4n) is 2.68. The zero-order valence-corrected chi connectivity index (χ0v) is 12.8. The Labute approximate surface area is 126 Å². The van der Waals surface area contributed by atoms with E-state index in [1.165, 1.54) is 19.3 Å². The Morgan fingerprint density at radius 3 is 2.71 bits per heavy atom. The maximum atomic E-state index is 12.5. The summed E-state index contributed by atoms with van der Waals surface area (Å²) in [6.45, 7) is 2.88. The molecule has 4 nitrogen and oxygen atoms in total. The Morgan fingerprint density at radius 2 is 1.95 bits per heavy atom. The van der Waals surface area contributed by atoms with E-state index in [-0.39, 0.29) is 12.5 Å². The maximum absolute atomic E-state index is 12.5. The van der Waals surface area contributed by atoms with Crippen molar-refractivity contribution in [3.63, 3.8) is 0 Å². The van der Waals surface area contributed by atoms with Gasteiger partial charge < -0.3 is 14.7 Å². The quantitative estimate of drug-likeness (QED) is 0.749. The van der Waals surface area contributed by atoms with Crippen LogP contribution in [-0.4, -0.2) is 30.3 Å². The molecule has 0 saturated heterocycles. The molecule has 1 amide bonds. The Bertz CT molecular complexity index is 461. The molecule has 0 fully saturated rings. The van der Waals surface area contributed by atoms with Crippen molar-refractivity contribution in [2.24, 2.45) is 0 Å². The molecule has 1 heterocycles. The van der Waals surface area contributed by atoms with Gasteiger partial charge >= 0.3 is 0 Å². The first-order chi connectivity index (χ1) is 10.3. The molecule has 0 bridgehead atoms. The lowest BCUT2D eigenvalue weighted by atomic mass is 10.1. The average molecular weight is 291 g/mol. The van der Waals surface area contributed by atoms with Crippen LogP contribution in [0, 0.1) is 0 Å². The van der Waals surface area contributed by atoms with Crippen molar-refractivity contribution in [1.29, 1.82) is 0 Å². The Hall–Kier alpha value is -1.55. The standard InChI is InChI=1S/C17H25NO3/c1-2-3-4-5-8-12-18-14-9-6-7-10-15(14)21-16(11-13-19)17(18)20/h6-7,9-10,16,19H,2-5,8,11-13H2,1H3. The maximum Gasteiger partial charge on any atom is 0.268 e. The first-order valence-corrected chi connectivity index (χ1v) is 7.96. The highest BCUT2D eigenvalue weighted by Gasteiger charge is 2.33. The summed E-state index contributed by atoms with van der Waals surface area (Å²) in [6, 6.07) is 7.64. The Balaban J connectivity index is 2.04. The molecule has 0 aromatic heterocycles. The molecule has 1 atom stereocenters. The summed E-state index contributed by atoms with van der Waals surface area (Å²) in [5, 5.41) is 9.09. The number of hydrogen-bond donors (Lipinski definition) is 1. The minimum Gasteiger partial charge on any atom is -0.478 e. The number of rotatable bonds is 8. The molecule has 0 aliphatic carbocycles. The summed E-state index contributed by atoms with van der Waals surface area (Å²) in [6.07, 6.45) is 5.63. The van der Waals surface area contributed by atoms with Crippen LogP contribution in [0.1, 0.15) is 45.4 Å². The van der Waals surface area contributed by atoms with Crippen molar-refractivity contribution >= 4 is 11.6 Å². The van der Waals surface area contributed by atoms with Gasteiger partial charge in [0.2, 0.25) is 0 Å². The minimum absolute atomic E-state index is 0.0294. The fourth-order valence-corrected chi connectivity index (χ4v) is 2.68. The number of nitrogens with zero attached hydrogens (tertiary/aromatic N) is 1. The van der Waals surface area contributed by atoms with Gasteiger partial charge in [-0.3, -0.25) is 4.79 Å². The topological polar surface area (TPSA) is 49.8 Å². The van der Waals surface area contributed by atoms with E-state index >= 15 is 0 Å². The van der Waals surface area contributed by atoms with Gasteiger partial charge in [-0.05, 0) is 18.6 Å². The first-order valence-electron chi connectivity index (χ1n) is 7.96. The van der Waals surface area contributed by atoms with Crippen molar-refractivity contribution in [3.8, 4) is 5.75 Å². The van der Waals surface area contributed by atoms with Gasteiger partial charge in [0, 0.05) is 19.6 Å². The van der Waals surface area contributed by atoms with Crippen LogP contribution in [0.2, 0.25) is 0 Å². The van der Waals surface area contributed by atoms with Gasteiger partial charge in [0.15, 0.2) is 6.10 Å². The molecular weight excluding hydrogens is 266 g/mol. The van der Waals surface area contributed by atoms with Crippen LogP contribution in [0.15, 0.2) is 24.3 Å². The molecule has 1 unspecified atom stereocenters. The predicted molar refractivity (Wildman–Crippen MR) is 83.7 cm³/mol. The van der Waals surface area contributed by atoms with Crippen LogP contribution in [0.3, 0.4) is 0 Å². The van der Waals surface area contributed by atoms with E-state index in [1.807, 2.05) is 29.2 Å². The fraction of sp³-hybridized carbons (Fsp3) is 0.588. The highest BCUT2D eigenvalue weighted by molar-refractivity contribution is 5.99. The Morgan fingerprint density at radius 1 is 1.19 bits per heavy atom. The van der Waals surface area contributed by atoms with Gasteiger partial charge in [0.25, 0.3) is 5.91 Å². The van der Waals surface area contributed by atoms with E-state index in [2.05, 4.69) is 6.92 Å². The van der Waals surface area contributed by atoms with Crippen molar-refractivity contribution in [2.45, 2.75) is 51.6 Å². The van der Waals surface area contributed by atoms with Crippen molar-refractivity contribution < 1.29 is 14.6 Å². The Kier molecular flexibility index (Phi) is 6.05. The number of fused-ring (bicyclic) bond motifs is 1. The van der Waals surface area contributed by atoms with Crippen LogP contribution >= 0.6 is 0 Å². The molecule has 1 N–H and O–H groups in total. The third-order valence-electron chi connectivity index (χ3n) is 3.84.